The standard InChI is InChI=1S/C19H16F3N7O/c1-12(18-25-27-28-29(18)15-5-3-2-4-6-15)23-11-16-24-17(26-30-16)13-7-9-14(10-8-13)19(20,21)22/h2-10,12,23H,11H2,1H3. The van der Waals surface area contributed by atoms with Gasteiger partial charge < -0.3 is 4.52 Å². The zero-order valence-electron chi connectivity index (χ0n) is 15.7. The molecule has 1 N–H and O–H groups in total. The van der Waals surface area contributed by atoms with Crippen molar-refractivity contribution in [1.29, 1.82) is 0 Å². The zero-order chi connectivity index (χ0) is 21.1. The number of rotatable bonds is 6. The summed E-state index contributed by atoms with van der Waals surface area (Å²) in [6.45, 7) is 2.12. The van der Waals surface area contributed by atoms with Crippen LogP contribution in [0.4, 0.5) is 13.2 Å². The Labute approximate surface area is 168 Å². The van der Waals surface area contributed by atoms with E-state index in [4.69, 9.17) is 4.52 Å². The first-order valence-electron chi connectivity index (χ1n) is 8.99. The molecule has 154 valence electrons. The summed E-state index contributed by atoms with van der Waals surface area (Å²) in [5.41, 5.74) is 0.522. The van der Waals surface area contributed by atoms with Gasteiger partial charge in [-0.3, -0.25) is 5.32 Å². The van der Waals surface area contributed by atoms with E-state index in [1.54, 1.807) is 4.68 Å². The van der Waals surface area contributed by atoms with E-state index in [1.165, 1.54) is 12.1 Å². The van der Waals surface area contributed by atoms with Crippen LogP contribution in [0, 0.1) is 0 Å². The molecule has 0 radical (unpaired) electrons. The van der Waals surface area contributed by atoms with E-state index < -0.39 is 11.7 Å². The van der Waals surface area contributed by atoms with Crippen molar-refractivity contribution in [3.05, 3.63) is 71.9 Å². The van der Waals surface area contributed by atoms with E-state index in [2.05, 4.69) is 31.0 Å². The number of tetrazole rings is 1. The van der Waals surface area contributed by atoms with Gasteiger partial charge in [0.1, 0.15) is 0 Å². The molecule has 1 atom stereocenters. The molecule has 2 aromatic heterocycles. The van der Waals surface area contributed by atoms with Gasteiger partial charge in [-0.05, 0) is 41.6 Å². The monoisotopic (exact) mass is 415 g/mol. The van der Waals surface area contributed by atoms with Crippen LogP contribution in [0.15, 0.2) is 59.1 Å². The van der Waals surface area contributed by atoms with E-state index in [0.29, 0.717) is 11.4 Å². The van der Waals surface area contributed by atoms with Crippen LogP contribution in [0.1, 0.15) is 30.2 Å². The molecular formula is C19H16F3N7O. The summed E-state index contributed by atoms with van der Waals surface area (Å²) in [6.07, 6.45) is -4.39. The Morgan fingerprint density at radius 2 is 1.80 bits per heavy atom. The number of benzene rings is 2. The van der Waals surface area contributed by atoms with Crippen LogP contribution in [-0.2, 0) is 12.7 Å². The van der Waals surface area contributed by atoms with Gasteiger partial charge in [0.15, 0.2) is 5.82 Å². The fraction of sp³-hybridized carbons (Fsp3) is 0.211. The van der Waals surface area contributed by atoms with Crippen LogP contribution < -0.4 is 5.32 Å². The van der Waals surface area contributed by atoms with E-state index in [9.17, 15) is 13.2 Å². The number of nitrogens with one attached hydrogen (secondary N) is 1. The third-order valence-electron chi connectivity index (χ3n) is 4.38. The van der Waals surface area contributed by atoms with Crippen LogP contribution >= 0.6 is 0 Å². The predicted molar refractivity (Wildman–Crippen MR) is 99.1 cm³/mol. The summed E-state index contributed by atoms with van der Waals surface area (Å²) in [5, 5.41) is 18.8. The quantitative estimate of drug-likeness (QED) is 0.514. The van der Waals surface area contributed by atoms with Crippen molar-refractivity contribution in [2.75, 3.05) is 0 Å². The van der Waals surface area contributed by atoms with E-state index >= 15 is 0 Å². The second-order valence-corrected chi connectivity index (χ2v) is 6.47. The van der Waals surface area contributed by atoms with Crippen molar-refractivity contribution in [3.63, 3.8) is 0 Å². The Hall–Kier alpha value is -3.60. The lowest BCUT2D eigenvalue weighted by atomic mass is 10.1. The van der Waals surface area contributed by atoms with Gasteiger partial charge in [-0.1, -0.05) is 35.5 Å². The molecule has 0 saturated heterocycles. The van der Waals surface area contributed by atoms with Gasteiger partial charge in [-0.25, -0.2) is 0 Å². The second-order valence-electron chi connectivity index (χ2n) is 6.47. The van der Waals surface area contributed by atoms with Gasteiger partial charge in [0.2, 0.25) is 11.7 Å². The number of para-hydroxylation sites is 1. The summed E-state index contributed by atoms with van der Waals surface area (Å²) in [7, 11) is 0. The Morgan fingerprint density at radius 3 is 2.50 bits per heavy atom. The maximum absolute atomic E-state index is 12.7. The van der Waals surface area contributed by atoms with Crippen LogP contribution in [-0.4, -0.2) is 30.3 Å². The van der Waals surface area contributed by atoms with E-state index in [-0.39, 0.29) is 24.3 Å². The van der Waals surface area contributed by atoms with Gasteiger partial charge in [0, 0.05) is 5.56 Å². The average molecular weight is 415 g/mol. The molecule has 2 heterocycles. The van der Waals surface area contributed by atoms with Crippen molar-refractivity contribution < 1.29 is 17.7 Å². The number of aromatic nitrogens is 6. The molecule has 2 aromatic carbocycles. The topological polar surface area (TPSA) is 94.6 Å². The normalized spacial score (nSPS) is 12.8. The molecule has 0 saturated carbocycles. The second kappa shape index (κ2) is 8.03. The molecule has 1 unspecified atom stereocenters. The molecule has 0 fully saturated rings. The lowest BCUT2D eigenvalue weighted by molar-refractivity contribution is -0.137. The summed E-state index contributed by atoms with van der Waals surface area (Å²) in [6, 6.07) is 13.8. The summed E-state index contributed by atoms with van der Waals surface area (Å²) >= 11 is 0. The molecule has 8 nitrogen and oxygen atoms in total. The first-order valence-corrected chi connectivity index (χ1v) is 8.99. The minimum absolute atomic E-state index is 0.210. The lowest BCUT2D eigenvalue weighted by Gasteiger charge is -2.12. The molecule has 30 heavy (non-hydrogen) atoms. The number of nitrogens with zero attached hydrogens (tertiary/aromatic N) is 6. The highest BCUT2D eigenvalue weighted by Gasteiger charge is 2.30. The molecule has 0 aliphatic carbocycles. The van der Waals surface area contributed by atoms with E-state index in [1.807, 2.05) is 37.3 Å². The fourth-order valence-electron chi connectivity index (χ4n) is 2.80. The highest BCUT2D eigenvalue weighted by Crippen LogP contribution is 2.30. The van der Waals surface area contributed by atoms with Crippen LogP contribution in [0.5, 0.6) is 0 Å². The molecular weight excluding hydrogens is 399 g/mol. The smallest absolute Gasteiger partial charge is 0.338 e. The van der Waals surface area contributed by atoms with Crippen molar-refractivity contribution >= 4 is 0 Å². The lowest BCUT2D eigenvalue weighted by Crippen LogP contribution is -2.22. The van der Waals surface area contributed by atoms with Crippen molar-refractivity contribution in [1.82, 2.24) is 35.7 Å². The third-order valence-corrected chi connectivity index (χ3v) is 4.38. The molecule has 0 spiro atoms. The number of hydrogen-bond acceptors (Lipinski definition) is 7. The van der Waals surface area contributed by atoms with Gasteiger partial charge >= 0.3 is 6.18 Å². The fourth-order valence-corrected chi connectivity index (χ4v) is 2.80. The van der Waals surface area contributed by atoms with Gasteiger partial charge in [0.05, 0.1) is 23.8 Å². The highest BCUT2D eigenvalue weighted by atomic mass is 19.4. The van der Waals surface area contributed by atoms with Crippen molar-refractivity contribution in [2.24, 2.45) is 0 Å². The van der Waals surface area contributed by atoms with Gasteiger partial charge in [0.25, 0.3) is 0 Å². The van der Waals surface area contributed by atoms with E-state index in [0.717, 1.165) is 17.8 Å². The molecule has 11 heteroatoms. The van der Waals surface area contributed by atoms with Gasteiger partial charge in [-0.15, -0.1) is 5.10 Å². The molecule has 4 aromatic rings. The van der Waals surface area contributed by atoms with Gasteiger partial charge in [-0.2, -0.15) is 22.8 Å². The molecule has 0 amide bonds. The third kappa shape index (κ3) is 4.20. The minimum atomic E-state index is -4.39. The summed E-state index contributed by atoms with van der Waals surface area (Å²) in [5.74, 6) is 1.10. The number of hydrogen-bond donors (Lipinski definition) is 1. The SMILES string of the molecule is CC(NCc1nc(-c2ccc(C(F)(F)F)cc2)no1)c1nnnn1-c1ccccc1. The predicted octanol–water partition coefficient (Wildman–Crippen LogP) is 3.58. The highest BCUT2D eigenvalue weighted by molar-refractivity contribution is 5.54. The largest absolute Gasteiger partial charge is 0.416 e. The van der Waals surface area contributed by atoms with Crippen LogP contribution in [0.2, 0.25) is 0 Å². The maximum atomic E-state index is 12.7. The Bertz CT molecular complexity index is 1110. The molecule has 0 bridgehead atoms. The summed E-state index contributed by atoms with van der Waals surface area (Å²) < 4.78 is 44.9. The Kier molecular flexibility index (Phi) is 5.27. The first-order chi connectivity index (χ1) is 14.4. The number of alkyl halides is 3. The van der Waals surface area contributed by atoms with Crippen molar-refractivity contribution in [2.45, 2.75) is 25.7 Å². The molecule has 0 aliphatic heterocycles. The first kappa shape index (κ1) is 19.7. The Balaban J connectivity index is 1.42. The minimum Gasteiger partial charge on any atom is -0.338 e. The van der Waals surface area contributed by atoms with Crippen LogP contribution in [0.3, 0.4) is 0 Å². The Morgan fingerprint density at radius 1 is 1.07 bits per heavy atom. The van der Waals surface area contributed by atoms with Crippen molar-refractivity contribution in [3.8, 4) is 17.1 Å². The molecule has 0 aliphatic rings. The number of halogens is 3. The summed E-state index contributed by atoms with van der Waals surface area (Å²) in [4.78, 5) is 4.23. The maximum Gasteiger partial charge on any atom is 0.416 e. The van der Waals surface area contributed by atoms with Crippen LogP contribution in [0.25, 0.3) is 17.1 Å². The average Bonchev–Trinajstić information content (AvgIpc) is 3.42. The zero-order valence-corrected chi connectivity index (χ0v) is 15.7. The molecule has 4 rings (SSSR count).